The molecule has 0 amide bonds. The molecule has 1 aliphatic carbocycles. The van der Waals surface area contributed by atoms with Crippen molar-refractivity contribution >= 4 is 0 Å². The molecule has 1 saturated carbocycles. The van der Waals surface area contributed by atoms with E-state index in [4.69, 9.17) is 5.73 Å². The van der Waals surface area contributed by atoms with Crippen molar-refractivity contribution in [1.29, 1.82) is 0 Å². The normalized spacial score (nSPS) is 21.2. The topological polar surface area (TPSA) is 29.3 Å². The van der Waals surface area contributed by atoms with E-state index in [0.717, 1.165) is 6.54 Å². The van der Waals surface area contributed by atoms with E-state index in [2.05, 4.69) is 25.8 Å². The lowest BCUT2D eigenvalue weighted by molar-refractivity contribution is 0.146. The zero-order valence-electron chi connectivity index (χ0n) is 10.8. The van der Waals surface area contributed by atoms with E-state index < -0.39 is 0 Å². The molecule has 0 aliphatic heterocycles. The van der Waals surface area contributed by atoms with Crippen molar-refractivity contribution in [3.05, 3.63) is 0 Å². The molecule has 90 valence electrons. The third kappa shape index (κ3) is 3.76. The molecule has 0 unspecified atom stereocenters. The van der Waals surface area contributed by atoms with Crippen molar-refractivity contribution in [2.75, 3.05) is 20.1 Å². The maximum atomic E-state index is 5.98. The Morgan fingerprint density at radius 3 is 2.27 bits per heavy atom. The average molecular weight is 212 g/mol. The quantitative estimate of drug-likeness (QED) is 0.759. The second-order valence-corrected chi connectivity index (χ2v) is 5.59. The van der Waals surface area contributed by atoms with Gasteiger partial charge in [-0.05, 0) is 58.7 Å². The minimum Gasteiger partial charge on any atom is -0.330 e. The van der Waals surface area contributed by atoms with Gasteiger partial charge in [0, 0.05) is 6.04 Å². The Morgan fingerprint density at radius 1 is 1.20 bits per heavy atom. The Morgan fingerprint density at radius 2 is 1.80 bits per heavy atom. The molecular weight excluding hydrogens is 184 g/mol. The number of rotatable bonds is 5. The summed E-state index contributed by atoms with van der Waals surface area (Å²) in [5.74, 6) is 0. The zero-order chi connectivity index (χ0) is 11.3. The van der Waals surface area contributed by atoms with E-state index >= 15 is 0 Å². The maximum absolute atomic E-state index is 5.98. The highest BCUT2D eigenvalue weighted by Crippen LogP contribution is 2.38. The van der Waals surface area contributed by atoms with Crippen molar-refractivity contribution in [1.82, 2.24) is 4.90 Å². The van der Waals surface area contributed by atoms with E-state index in [1.54, 1.807) is 0 Å². The fraction of sp³-hybridized carbons (Fsp3) is 1.00. The van der Waals surface area contributed by atoms with Crippen LogP contribution in [0, 0.1) is 5.41 Å². The van der Waals surface area contributed by atoms with Crippen molar-refractivity contribution in [3.8, 4) is 0 Å². The van der Waals surface area contributed by atoms with Crippen LogP contribution in [-0.2, 0) is 0 Å². The summed E-state index contributed by atoms with van der Waals surface area (Å²) < 4.78 is 0. The van der Waals surface area contributed by atoms with Gasteiger partial charge in [0.25, 0.3) is 0 Å². The molecular formula is C13H28N2. The lowest BCUT2D eigenvalue weighted by atomic mass is 9.72. The van der Waals surface area contributed by atoms with Gasteiger partial charge in [0.05, 0.1) is 0 Å². The molecule has 1 aliphatic rings. The van der Waals surface area contributed by atoms with Crippen LogP contribution in [-0.4, -0.2) is 31.1 Å². The number of hydrogen-bond acceptors (Lipinski definition) is 2. The lowest BCUT2D eigenvalue weighted by Gasteiger charge is -2.38. The van der Waals surface area contributed by atoms with Gasteiger partial charge in [0.1, 0.15) is 0 Å². The van der Waals surface area contributed by atoms with Crippen LogP contribution in [0.4, 0.5) is 0 Å². The lowest BCUT2D eigenvalue weighted by Crippen LogP contribution is -2.37. The maximum Gasteiger partial charge on any atom is 0.00355 e. The highest BCUT2D eigenvalue weighted by molar-refractivity contribution is 4.84. The van der Waals surface area contributed by atoms with E-state index in [1.807, 2.05) is 0 Å². The summed E-state index contributed by atoms with van der Waals surface area (Å²) in [5.41, 5.74) is 6.46. The smallest absolute Gasteiger partial charge is 0.00355 e. The van der Waals surface area contributed by atoms with Crippen molar-refractivity contribution in [2.45, 2.75) is 58.4 Å². The molecule has 0 spiro atoms. The first-order chi connectivity index (χ1) is 7.09. The number of nitrogens with zero attached hydrogens (tertiary/aromatic N) is 1. The molecule has 0 heterocycles. The summed E-state index contributed by atoms with van der Waals surface area (Å²) in [5, 5.41) is 0. The summed E-state index contributed by atoms with van der Waals surface area (Å²) in [6.45, 7) is 6.61. The van der Waals surface area contributed by atoms with Crippen molar-refractivity contribution < 1.29 is 0 Å². The van der Waals surface area contributed by atoms with Crippen LogP contribution in [0.3, 0.4) is 0 Å². The van der Waals surface area contributed by atoms with Gasteiger partial charge in [-0.15, -0.1) is 0 Å². The SMILES string of the molecule is CC(C)N(C)CCC1(CN)CCCCC1. The minimum atomic E-state index is 0.474. The number of hydrogen-bond donors (Lipinski definition) is 1. The van der Waals surface area contributed by atoms with Crippen LogP contribution in [0.25, 0.3) is 0 Å². The average Bonchev–Trinajstić information content (AvgIpc) is 2.27. The molecule has 0 aromatic carbocycles. The van der Waals surface area contributed by atoms with Crippen LogP contribution < -0.4 is 5.73 Å². The summed E-state index contributed by atoms with van der Waals surface area (Å²) in [7, 11) is 2.22. The van der Waals surface area contributed by atoms with E-state index in [0.29, 0.717) is 11.5 Å². The van der Waals surface area contributed by atoms with Crippen LogP contribution in [0.2, 0.25) is 0 Å². The van der Waals surface area contributed by atoms with E-state index in [-0.39, 0.29) is 0 Å². The molecule has 2 heteroatoms. The Balaban J connectivity index is 2.38. The van der Waals surface area contributed by atoms with E-state index in [1.165, 1.54) is 45.1 Å². The molecule has 0 aromatic rings. The predicted octanol–water partition coefficient (Wildman–Crippen LogP) is 2.63. The summed E-state index contributed by atoms with van der Waals surface area (Å²) in [6, 6.07) is 0.656. The highest BCUT2D eigenvalue weighted by Gasteiger charge is 2.30. The molecule has 0 atom stereocenters. The zero-order valence-corrected chi connectivity index (χ0v) is 10.8. The molecule has 2 N–H and O–H groups in total. The molecule has 0 aromatic heterocycles. The molecule has 0 bridgehead atoms. The second kappa shape index (κ2) is 5.86. The van der Waals surface area contributed by atoms with E-state index in [9.17, 15) is 0 Å². The Hall–Kier alpha value is -0.0800. The first-order valence-electron chi connectivity index (χ1n) is 6.50. The Labute approximate surface area is 95.2 Å². The first kappa shape index (κ1) is 13.0. The van der Waals surface area contributed by atoms with Crippen molar-refractivity contribution in [3.63, 3.8) is 0 Å². The predicted molar refractivity (Wildman–Crippen MR) is 67.0 cm³/mol. The molecule has 0 radical (unpaired) electrons. The van der Waals surface area contributed by atoms with Crippen molar-refractivity contribution in [2.24, 2.45) is 11.1 Å². The molecule has 15 heavy (non-hydrogen) atoms. The van der Waals surface area contributed by atoms with Crippen LogP contribution in [0.15, 0.2) is 0 Å². The van der Waals surface area contributed by atoms with Gasteiger partial charge in [-0.2, -0.15) is 0 Å². The third-order valence-corrected chi connectivity index (χ3v) is 4.22. The standard InChI is InChI=1S/C13H28N2/c1-12(2)15(3)10-9-13(11-14)7-5-4-6-8-13/h12H,4-11,14H2,1-3H3. The molecule has 1 rings (SSSR count). The first-order valence-corrected chi connectivity index (χ1v) is 6.50. The van der Waals surface area contributed by atoms with Crippen LogP contribution >= 0.6 is 0 Å². The fourth-order valence-corrected chi connectivity index (χ4v) is 2.53. The second-order valence-electron chi connectivity index (χ2n) is 5.59. The van der Waals surface area contributed by atoms with Gasteiger partial charge < -0.3 is 10.6 Å². The summed E-state index contributed by atoms with van der Waals surface area (Å²) in [6.07, 6.45) is 8.20. The Bertz CT molecular complexity index is 171. The van der Waals surface area contributed by atoms with Crippen LogP contribution in [0.5, 0.6) is 0 Å². The summed E-state index contributed by atoms with van der Waals surface area (Å²) in [4.78, 5) is 2.44. The Kier molecular flexibility index (Phi) is 5.07. The largest absolute Gasteiger partial charge is 0.330 e. The fourth-order valence-electron chi connectivity index (χ4n) is 2.53. The minimum absolute atomic E-state index is 0.474. The molecule has 1 fully saturated rings. The van der Waals surface area contributed by atoms with Gasteiger partial charge in [-0.1, -0.05) is 19.3 Å². The molecule has 0 saturated heterocycles. The number of nitrogens with two attached hydrogens (primary N) is 1. The van der Waals surface area contributed by atoms with Gasteiger partial charge in [0.15, 0.2) is 0 Å². The van der Waals surface area contributed by atoms with Gasteiger partial charge in [0.2, 0.25) is 0 Å². The summed E-state index contributed by atoms with van der Waals surface area (Å²) >= 11 is 0. The van der Waals surface area contributed by atoms with Gasteiger partial charge in [-0.3, -0.25) is 0 Å². The van der Waals surface area contributed by atoms with Gasteiger partial charge >= 0.3 is 0 Å². The van der Waals surface area contributed by atoms with Crippen LogP contribution in [0.1, 0.15) is 52.4 Å². The highest BCUT2D eigenvalue weighted by atomic mass is 15.1. The third-order valence-electron chi connectivity index (χ3n) is 4.22. The monoisotopic (exact) mass is 212 g/mol. The van der Waals surface area contributed by atoms with Gasteiger partial charge in [-0.25, -0.2) is 0 Å². The molecule has 2 nitrogen and oxygen atoms in total.